The Morgan fingerprint density at radius 2 is 2.25 bits per heavy atom. The summed E-state index contributed by atoms with van der Waals surface area (Å²) in [4.78, 5) is 3.82. The van der Waals surface area contributed by atoms with Crippen molar-refractivity contribution in [2.45, 2.75) is 6.92 Å². The summed E-state index contributed by atoms with van der Waals surface area (Å²) < 4.78 is 18.2. The summed E-state index contributed by atoms with van der Waals surface area (Å²) in [6.45, 7) is 1.61. The lowest BCUT2D eigenvalue weighted by atomic mass is 10.3. The maximum absolute atomic E-state index is 13.2. The zero-order valence-corrected chi connectivity index (χ0v) is 7.31. The minimum absolute atomic E-state index is 0.352. The Kier molecular flexibility index (Phi) is 2.47. The van der Waals surface area contributed by atoms with Crippen LogP contribution in [-0.2, 0) is 0 Å². The van der Waals surface area contributed by atoms with Crippen molar-refractivity contribution in [3.63, 3.8) is 0 Å². The van der Waals surface area contributed by atoms with Gasteiger partial charge in [-0.15, -0.1) is 0 Å². The molecule has 12 heavy (non-hydrogen) atoms. The Morgan fingerprint density at radius 1 is 1.58 bits per heavy atom. The van der Waals surface area contributed by atoms with Crippen LogP contribution in [0.3, 0.4) is 0 Å². The Bertz CT molecular complexity index is 289. The van der Waals surface area contributed by atoms with Gasteiger partial charge in [0.05, 0.1) is 19.0 Å². The van der Waals surface area contributed by atoms with E-state index in [0.29, 0.717) is 17.1 Å². The van der Waals surface area contributed by atoms with E-state index in [2.05, 4.69) is 10.3 Å². The minimum Gasteiger partial charge on any atom is -0.493 e. The number of aryl methyl sites for hydroxylation is 1. The van der Waals surface area contributed by atoms with E-state index in [1.807, 2.05) is 0 Å². The van der Waals surface area contributed by atoms with Crippen molar-refractivity contribution in [3.8, 4) is 5.75 Å². The number of ether oxygens (including phenoxy) is 1. The second-order valence-electron chi connectivity index (χ2n) is 2.35. The molecule has 0 saturated heterocycles. The average Bonchev–Trinajstić information content (AvgIpc) is 2.09. The molecule has 4 heteroatoms. The van der Waals surface area contributed by atoms with Crippen LogP contribution in [0, 0.1) is 12.7 Å². The maximum Gasteiger partial charge on any atom is 0.171 e. The van der Waals surface area contributed by atoms with E-state index in [-0.39, 0.29) is 5.82 Å². The quantitative estimate of drug-likeness (QED) is 0.731. The van der Waals surface area contributed by atoms with Gasteiger partial charge >= 0.3 is 0 Å². The van der Waals surface area contributed by atoms with Crippen molar-refractivity contribution < 1.29 is 9.13 Å². The molecule has 1 heterocycles. The van der Waals surface area contributed by atoms with E-state index in [4.69, 9.17) is 4.74 Å². The van der Waals surface area contributed by atoms with Crippen LogP contribution in [0.5, 0.6) is 5.75 Å². The van der Waals surface area contributed by atoms with Gasteiger partial charge in [-0.2, -0.15) is 0 Å². The van der Waals surface area contributed by atoms with Gasteiger partial charge in [-0.1, -0.05) is 0 Å². The predicted molar refractivity (Wildman–Crippen MR) is 45.0 cm³/mol. The highest BCUT2D eigenvalue weighted by atomic mass is 19.1. The summed E-state index contributed by atoms with van der Waals surface area (Å²) in [5.74, 6) is 0.0532. The van der Waals surface area contributed by atoms with Crippen LogP contribution in [0.15, 0.2) is 6.20 Å². The molecule has 0 radical (unpaired) electrons. The fraction of sp³-hybridized carbons (Fsp3) is 0.375. The molecule has 66 valence electrons. The molecule has 1 rings (SSSR count). The molecular weight excluding hydrogens is 159 g/mol. The molecule has 0 saturated carbocycles. The van der Waals surface area contributed by atoms with Crippen molar-refractivity contribution in [1.29, 1.82) is 0 Å². The standard InChI is InChI=1S/C8H11FN2O/c1-5-7(9)8(10-2)6(12-3)4-11-5/h4H,1-3H3,(H,10,11). The molecule has 0 aliphatic carbocycles. The third-order valence-corrected chi connectivity index (χ3v) is 1.63. The fourth-order valence-corrected chi connectivity index (χ4v) is 0.953. The number of hydrogen-bond acceptors (Lipinski definition) is 3. The van der Waals surface area contributed by atoms with Crippen LogP contribution < -0.4 is 10.1 Å². The van der Waals surface area contributed by atoms with Gasteiger partial charge in [0.15, 0.2) is 11.6 Å². The molecule has 0 bridgehead atoms. The summed E-state index contributed by atoms with van der Waals surface area (Å²) in [5, 5.41) is 2.72. The number of nitrogens with zero attached hydrogens (tertiary/aromatic N) is 1. The van der Waals surface area contributed by atoms with Crippen LogP contribution in [0.2, 0.25) is 0 Å². The Morgan fingerprint density at radius 3 is 2.75 bits per heavy atom. The number of methoxy groups -OCH3 is 1. The van der Waals surface area contributed by atoms with Crippen LogP contribution in [0.25, 0.3) is 0 Å². The van der Waals surface area contributed by atoms with E-state index < -0.39 is 0 Å². The minimum atomic E-state index is -0.364. The second-order valence-corrected chi connectivity index (χ2v) is 2.35. The molecule has 0 aliphatic rings. The first-order valence-corrected chi connectivity index (χ1v) is 3.57. The van der Waals surface area contributed by atoms with E-state index in [9.17, 15) is 4.39 Å². The molecule has 3 nitrogen and oxygen atoms in total. The summed E-state index contributed by atoms with van der Waals surface area (Å²) in [5.41, 5.74) is 0.713. The van der Waals surface area contributed by atoms with Gasteiger partial charge < -0.3 is 10.1 Å². The Balaban J connectivity index is 3.25. The van der Waals surface area contributed by atoms with Crippen molar-refractivity contribution >= 4 is 5.69 Å². The van der Waals surface area contributed by atoms with Gasteiger partial charge in [0.1, 0.15) is 5.69 Å². The van der Waals surface area contributed by atoms with E-state index in [1.54, 1.807) is 14.0 Å². The number of anilines is 1. The van der Waals surface area contributed by atoms with Gasteiger partial charge in [-0.25, -0.2) is 4.39 Å². The topological polar surface area (TPSA) is 34.1 Å². The molecule has 1 aromatic rings. The van der Waals surface area contributed by atoms with Crippen molar-refractivity contribution in [2.75, 3.05) is 19.5 Å². The highest BCUT2D eigenvalue weighted by Crippen LogP contribution is 2.26. The molecule has 1 aromatic heterocycles. The highest BCUT2D eigenvalue weighted by molar-refractivity contribution is 5.56. The molecule has 0 atom stereocenters. The third-order valence-electron chi connectivity index (χ3n) is 1.63. The number of halogens is 1. The summed E-state index contributed by atoms with van der Waals surface area (Å²) in [7, 11) is 3.12. The molecule has 0 aromatic carbocycles. The summed E-state index contributed by atoms with van der Waals surface area (Å²) >= 11 is 0. The SMILES string of the molecule is CNc1c(OC)cnc(C)c1F. The molecular formula is C8H11FN2O. The molecule has 0 unspecified atom stereocenters. The average molecular weight is 170 g/mol. The summed E-state index contributed by atoms with van der Waals surface area (Å²) in [6, 6.07) is 0. The highest BCUT2D eigenvalue weighted by Gasteiger charge is 2.10. The fourth-order valence-electron chi connectivity index (χ4n) is 0.953. The van der Waals surface area contributed by atoms with Gasteiger partial charge in [0, 0.05) is 7.05 Å². The van der Waals surface area contributed by atoms with Crippen molar-refractivity contribution in [3.05, 3.63) is 17.7 Å². The van der Waals surface area contributed by atoms with Gasteiger partial charge in [-0.3, -0.25) is 4.98 Å². The van der Waals surface area contributed by atoms with E-state index in [1.165, 1.54) is 13.3 Å². The smallest absolute Gasteiger partial charge is 0.171 e. The van der Waals surface area contributed by atoms with Gasteiger partial charge in [0.2, 0.25) is 0 Å². The van der Waals surface area contributed by atoms with Crippen molar-refractivity contribution in [1.82, 2.24) is 4.98 Å². The lowest BCUT2D eigenvalue weighted by Gasteiger charge is -2.09. The van der Waals surface area contributed by atoms with E-state index >= 15 is 0 Å². The molecule has 0 aliphatic heterocycles. The second kappa shape index (κ2) is 3.38. The largest absolute Gasteiger partial charge is 0.493 e. The van der Waals surface area contributed by atoms with Crippen LogP contribution in [-0.4, -0.2) is 19.1 Å². The number of hydrogen-bond donors (Lipinski definition) is 1. The zero-order valence-electron chi connectivity index (χ0n) is 7.31. The lowest BCUT2D eigenvalue weighted by molar-refractivity contribution is 0.410. The first-order chi connectivity index (χ1) is 5.70. The van der Waals surface area contributed by atoms with Crippen LogP contribution in [0.1, 0.15) is 5.69 Å². The number of pyridine rings is 1. The Labute approximate surface area is 70.6 Å². The van der Waals surface area contributed by atoms with Gasteiger partial charge in [-0.05, 0) is 6.92 Å². The monoisotopic (exact) mass is 170 g/mol. The zero-order chi connectivity index (χ0) is 9.14. The number of aromatic nitrogens is 1. The Hall–Kier alpha value is -1.32. The molecule has 0 amide bonds. The first-order valence-electron chi connectivity index (χ1n) is 3.57. The molecule has 0 fully saturated rings. The lowest BCUT2D eigenvalue weighted by Crippen LogP contribution is -2.00. The number of nitrogens with one attached hydrogen (secondary N) is 1. The summed E-state index contributed by atoms with van der Waals surface area (Å²) in [6.07, 6.45) is 1.49. The van der Waals surface area contributed by atoms with Crippen LogP contribution in [0.4, 0.5) is 10.1 Å². The van der Waals surface area contributed by atoms with E-state index in [0.717, 1.165) is 0 Å². The third kappa shape index (κ3) is 1.32. The number of rotatable bonds is 2. The normalized spacial score (nSPS) is 9.67. The van der Waals surface area contributed by atoms with Crippen LogP contribution >= 0.6 is 0 Å². The van der Waals surface area contributed by atoms with Crippen molar-refractivity contribution in [2.24, 2.45) is 0 Å². The maximum atomic E-state index is 13.2. The molecule has 1 N–H and O–H groups in total. The first kappa shape index (κ1) is 8.77. The molecule has 0 spiro atoms. The predicted octanol–water partition coefficient (Wildman–Crippen LogP) is 1.58. The van der Waals surface area contributed by atoms with Gasteiger partial charge in [0.25, 0.3) is 0 Å².